The van der Waals surface area contributed by atoms with E-state index in [9.17, 15) is 9.59 Å². The Bertz CT molecular complexity index is 1270. The summed E-state index contributed by atoms with van der Waals surface area (Å²) in [6, 6.07) is 0. The number of unbranched alkanes of at least 4 members (excludes halogenated alkanes) is 23. The van der Waals surface area contributed by atoms with Gasteiger partial charge in [0.1, 0.15) is 6.61 Å². The minimum absolute atomic E-state index is 0.0531. The van der Waals surface area contributed by atoms with Gasteiger partial charge in [-0.25, -0.2) is 0 Å². The van der Waals surface area contributed by atoms with Gasteiger partial charge in [0.2, 0.25) is 0 Å². The van der Waals surface area contributed by atoms with Crippen LogP contribution in [0.1, 0.15) is 252 Å². The molecule has 1 unspecified atom stereocenters. The van der Waals surface area contributed by atoms with Crippen LogP contribution in [0.3, 0.4) is 0 Å². The van der Waals surface area contributed by atoms with Gasteiger partial charge in [0.25, 0.3) is 0 Å². The molecule has 0 aromatic heterocycles. The molecule has 0 aliphatic heterocycles. The Balaban J connectivity index is 4.38. The van der Waals surface area contributed by atoms with E-state index in [1.54, 1.807) is 0 Å². The molecule has 0 fully saturated rings. The van der Waals surface area contributed by atoms with Gasteiger partial charge in [-0.3, -0.25) is 9.59 Å². The fourth-order valence-corrected chi connectivity index (χ4v) is 7.49. The van der Waals surface area contributed by atoms with Crippen molar-refractivity contribution in [3.8, 4) is 0 Å². The van der Waals surface area contributed by atoms with E-state index in [0.717, 1.165) is 96.3 Å². The summed E-state index contributed by atoms with van der Waals surface area (Å²) in [5.74, 6) is -0.476. The van der Waals surface area contributed by atoms with Gasteiger partial charge in [0.05, 0.1) is 6.61 Å². The van der Waals surface area contributed by atoms with Crippen LogP contribution in [0.4, 0.5) is 0 Å². The van der Waals surface area contributed by atoms with Gasteiger partial charge >= 0.3 is 11.9 Å². The smallest absolute Gasteiger partial charge is 0.306 e. The van der Waals surface area contributed by atoms with E-state index in [1.807, 2.05) is 0 Å². The summed E-state index contributed by atoms with van der Waals surface area (Å²) < 4.78 is 17.4. The molecule has 0 N–H and O–H groups in total. The van der Waals surface area contributed by atoms with Crippen molar-refractivity contribution in [1.82, 2.24) is 0 Å². The van der Waals surface area contributed by atoms with Crippen LogP contribution in [0.5, 0.6) is 0 Å². The molecule has 5 heteroatoms. The molecule has 0 aromatic rings. The van der Waals surface area contributed by atoms with Crippen LogP contribution < -0.4 is 0 Å². The van der Waals surface area contributed by atoms with Gasteiger partial charge in [-0.1, -0.05) is 240 Å². The van der Waals surface area contributed by atoms with Gasteiger partial charge in [0.15, 0.2) is 6.10 Å². The molecule has 66 heavy (non-hydrogen) atoms. The number of rotatable bonds is 50. The fourth-order valence-electron chi connectivity index (χ4n) is 7.49. The van der Waals surface area contributed by atoms with E-state index >= 15 is 0 Å². The zero-order chi connectivity index (χ0) is 47.7. The molecule has 378 valence electrons. The molecule has 0 bridgehead atoms. The first-order valence-corrected chi connectivity index (χ1v) is 27.8. The number of carbonyl (C=O) groups excluding carboxylic acids is 2. The third kappa shape index (κ3) is 53.4. The molecular weight excluding hydrogens is 813 g/mol. The summed E-state index contributed by atoms with van der Waals surface area (Å²) in [4.78, 5) is 25.5. The molecular formula is C61H104O5. The van der Waals surface area contributed by atoms with E-state index in [0.29, 0.717) is 19.4 Å². The van der Waals surface area contributed by atoms with Crippen molar-refractivity contribution >= 4 is 11.9 Å². The van der Waals surface area contributed by atoms with Crippen LogP contribution in [0.2, 0.25) is 0 Å². The molecule has 0 rings (SSSR count). The molecule has 0 saturated heterocycles. The van der Waals surface area contributed by atoms with E-state index in [2.05, 4.69) is 118 Å². The summed E-state index contributed by atoms with van der Waals surface area (Å²) >= 11 is 0. The summed E-state index contributed by atoms with van der Waals surface area (Å²) in [5, 5.41) is 0. The lowest BCUT2D eigenvalue weighted by atomic mass is 10.0. The second-order valence-corrected chi connectivity index (χ2v) is 18.1. The predicted molar refractivity (Wildman–Crippen MR) is 288 cm³/mol. The van der Waals surface area contributed by atoms with Crippen molar-refractivity contribution in [2.75, 3.05) is 19.8 Å². The van der Waals surface area contributed by atoms with Crippen LogP contribution in [0.15, 0.2) is 97.2 Å². The van der Waals surface area contributed by atoms with Gasteiger partial charge < -0.3 is 14.2 Å². The van der Waals surface area contributed by atoms with Crippen molar-refractivity contribution in [3.63, 3.8) is 0 Å². The molecule has 1 atom stereocenters. The number of hydrogen-bond donors (Lipinski definition) is 0. The topological polar surface area (TPSA) is 61.8 Å². The lowest BCUT2D eigenvalue weighted by molar-refractivity contribution is -0.162. The minimum Gasteiger partial charge on any atom is -0.462 e. The maximum atomic E-state index is 12.8. The maximum absolute atomic E-state index is 12.8. The van der Waals surface area contributed by atoms with Gasteiger partial charge in [-0.05, 0) is 96.3 Å². The number of hydrogen-bond acceptors (Lipinski definition) is 5. The Morgan fingerprint density at radius 2 is 0.697 bits per heavy atom. The van der Waals surface area contributed by atoms with Gasteiger partial charge in [-0.2, -0.15) is 0 Å². The van der Waals surface area contributed by atoms with Crippen LogP contribution in [-0.4, -0.2) is 37.9 Å². The van der Waals surface area contributed by atoms with E-state index in [-0.39, 0.29) is 25.2 Å². The first-order valence-electron chi connectivity index (χ1n) is 27.8. The minimum atomic E-state index is -0.575. The average molecular weight is 917 g/mol. The molecule has 0 aliphatic rings. The normalized spacial score (nSPS) is 13.0. The molecule has 0 aliphatic carbocycles. The van der Waals surface area contributed by atoms with Crippen molar-refractivity contribution in [2.45, 2.75) is 258 Å². The van der Waals surface area contributed by atoms with Crippen LogP contribution in [-0.2, 0) is 23.8 Å². The molecule has 0 radical (unpaired) electrons. The first-order chi connectivity index (χ1) is 32.6. The molecule has 0 aromatic carbocycles. The van der Waals surface area contributed by atoms with Gasteiger partial charge in [-0.15, -0.1) is 0 Å². The second-order valence-electron chi connectivity index (χ2n) is 18.1. The molecule has 5 nitrogen and oxygen atoms in total. The summed E-state index contributed by atoms with van der Waals surface area (Å²) in [5.41, 5.74) is 0. The summed E-state index contributed by atoms with van der Waals surface area (Å²) in [6.07, 6.45) is 75.7. The van der Waals surface area contributed by atoms with Crippen molar-refractivity contribution in [1.29, 1.82) is 0 Å². The zero-order valence-electron chi connectivity index (χ0n) is 43.4. The Morgan fingerprint density at radius 3 is 1.17 bits per heavy atom. The third-order valence-corrected chi connectivity index (χ3v) is 11.6. The summed E-state index contributed by atoms with van der Waals surface area (Å²) in [7, 11) is 0. The number of ether oxygens (including phenoxy) is 3. The van der Waals surface area contributed by atoms with Crippen molar-refractivity contribution < 1.29 is 23.8 Å². The Hall–Kier alpha value is -3.18. The third-order valence-electron chi connectivity index (χ3n) is 11.6. The van der Waals surface area contributed by atoms with Gasteiger partial charge in [0, 0.05) is 19.4 Å². The highest BCUT2D eigenvalue weighted by Crippen LogP contribution is 2.14. The molecule has 0 saturated carbocycles. The first kappa shape index (κ1) is 62.8. The SMILES string of the molecule is CC/C=C\C/C=C\C/C=C\C/C=C\C/C=C\CCCC(=O)OC(COCCCCCCCCCCCCCCCC)COC(=O)CCCCCCCC/C=C\C/C=C\C/C=C\CCCCC. The Labute approximate surface area is 409 Å². The lowest BCUT2D eigenvalue weighted by Gasteiger charge is -2.18. The highest BCUT2D eigenvalue weighted by atomic mass is 16.6. The van der Waals surface area contributed by atoms with E-state index in [1.165, 1.54) is 122 Å². The standard InChI is InChI=1S/C61H104O5/c1-4-7-10-13-16-19-22-25-28-30-31-33-34-36-39-42-45-48-51-54-60(62)65-58-59(57-64-56-53-50-47-44-41-38-27-24-21-18-15-12-9-6-3)66-61(63)55-52-49-46-43-40-37-35-32-29-26-23-20-17-14-11-8-5-2/h8,11,16-17,19-20,25-26,28-29,31,33,35,37,43,46,59H,4-7,9-10,12-15,18,21-24,27,30,32,34,36,38-42,44-45,47-58H2,1-3H3/b11-8-,19-16-,20-17-,28-25-,29-26-,33-31-,37-35-,46-43-. The monoisotopic (exact) mass is 917 g/mol. The number of carbonyl (C=O) groups is 2. The predicted octanol–water partition coefficient (Wildman–Crippen LogP) is 19.0. The average Bonchev–Trinajstić information content (AvgIpc) is 3.32. The maximum Gasteiger partial charge on any atom is 0.306 e. The van der Waals surface area contributed by atoms with Crippen molar-refractivity contribution in [2.24, 2.45) is 0 Å². The highest BCUT2D eigenvalue weighted by Gasteiger charge is 2.17. The zero-order valence-corrected chi connectivity index (χ0v) is 43.4. The Kier molecular flexibility index (Phi) is 53.4. The molecule has 0 spiro atoms. The largest absolute Gasteiger partial charge is 0.462 e. The molecule has 0 amide bonds. The van der Waals surface area contributed by atoms with E-state index in [4.69, 9.17) is 14.2 Å². The van der Waals surface area contributed by atoms with Crippen LogP contribution in [0.25, 0.3) is 0 Å². The van der Waals surface area contributed by atoms with Crippen LogP contribution >= 0.6 is 0 Å². The second kappa shape index (κ2) is 56.1. The van der Waals surface area contributed by atoms with Crippen LogP contribution in [0, 0.1) is 0 Å². The Morgan fingerprint density at radius 1 is 0.348 bits per heavy atom. The highest BCUT2D eigenvalue weighted by molar-refractivity contribution is 5.70. The summed E-state index contributed by atoms with van der Waals surface area (Å²) in [6.45, 7) is 7.63. The van der Waals surface area contributed by atoms with Crippen molar-refractivity contribution in [3.05, 3.63) is 97.2 Å². The number of allylic oxidation sites excluding steroid dienone is 16. The number of esters is 2. The fraction of sp³-hybridized carbons (Fsp3) is 0.705. The van der Waals surface area contributed by atoms with E-state index < -0.39 is 6.10 Å². The molecule has 0 heterocycles. The quantitative estimate of drug-likeness (QED) is 0.0346. The lowest BCUT2D eigenvalue weighted by Crippen LogP contribution is -2.30.